The minimum absolute atomic E-state index is 0.164. The molecule has 0 unspecified atom stereocenters. The average Bonchev–Trinajstić information content (AvgIpc) is 2.78. The van der Waals surface area contributed by atoms with Crippen LogP contribution in [0.3, 0.4) is 0 Å². The van der Waals surface area contributed by atoms with Crippen molar-refractivity contribution >= 4 is 34.3 Å². The third-order valence-electron chi connectivity index (χ3n) is 4.19. The molecule has 7 heteroatoms. The van der Waals surface area contributed by atoms with Gasteiger partial charge < -0.3 is 10.1 Å². The van der Waals surface area contributed by atoms with Gasteiger partial charge in [0.25, 0.3) is 0 Å². The van der Waals surface area contributed by atoms with Gasteiger partial charge in [-0.3, -0.25) is 4.79 Å². The van der Waals surface area contributed by atoms with E-state index in [4.69, 9.17) is 4.74 Å². The van der Waals surface area contributed by atoms with E-state index in [2.05, 4.69) is 15.3 Å². The molecule has 150 valence electrons. The zero-order valence-corrected chi connectivity index (χ0v) is 16.7. The van der Waals surface area contributed by atoms with E-state index < -0.39 is 0 Å². The number of ether oxygens (including phenoxy) is 1. The lowest BCUT2D eigenvalue weighted by Gasteiger charge is -2.10. The Kier molecular flexibility index (Phi) is 6.20. The third-order valence-corrected chi connectivity index (χ3v) is 5.18. The van der Waals surface area contributed by atoms with Crippen molar-refractivity contribution in [2.45, 2.75) is 11.6 Å². The average molecular weight is 419 g/mol. The summed E-state index contributed by atoms with van der Waals surface area (Å²) in [6.07, 6.45) is 0. The summed E-state index contributed by atoms with van der Waals surface area (Å²) in [7, 11) is 0. The van der Waals surface area contributed by atoms with Gasteiger partial charge >= 0.3 is 0 Å². The van der Waals surface area contributed by atoms with Crippen molar-refractivity contribution in [2.24, 2.45) is 0 Å². The number of para-hydroxylation sites is 2. The molecule has 4 aromatic rings. The van der Waals surface area contributed by atoms with Crippen molar-refractivity contribution in [3.8, 4) is 5.75 Å². The number of rotatable bonds is 7. The summed E-state index contributed by atoms with van der Waals surface area (Å²) in [5, 5.41) is 4.34. The number of nitrogens with zero attached hydrogens (tertiary/aromatic N) is 2. The third kappa shape index (κ3) is 5.12. The van der Waals surface area contributed by atoms with E-state index in [9.17, 15) is 9.18 Å². The summed E-state index contributed by atoms with van der Waals surface area (Å²) in [6.45, 7) is 0.226. The SMILES string of the molecule is O=C(CSc1nc(COc2ccccc2)nc2ccccc12)Nc1ccc(F)cc1. The zero-order chi connectivity index (χ0) is 20.8. The van der Waals surface area contributed by atoms with Crippen molar-refractivity contribution in [3.05, 3.63) is 90.5 Å². The highest BCUT2D eigenvalue weighted by Crippen LogP contribution is 2.26. The van der Waals surface area contributed by atoms with Gasteiger partial charge in [-0.05, 0) is 42.5 Å². The normalized spacial score (nSPS) is 10.7. The van der Waals surface area contributed by atoms with Crippen LogP contribution in [0.4, 0.5) is 10.1 Å². The number of aromatic nitrogens is 2. The van der Waals surface area contributed by atoms with E-state index >= 15 is 0 Å². The highest BCUT2D eigenvalue weighted by molar-refractivity contribution is 8.00. The fourth-order valence-corrected chi connectivity index (χ4v) is 3.63. The maximum atomic E-state index is 13.0. The molecule has 5 nitrogen and oxygen atoms in total. The molecule has 0 spiro atoms. The molecular weight excluding hydrogens is 401 g/mol. The first-order chi connectivity index (χ1) is 14.7. The van der Waals surface area contributed by atoms with Crippen molar-refractivity contribution in [1.82, 2.24) is 9.97 Å². The molecule has 1 aromatic heterocycles. The van der Waals surface area contributed by atoms with Crippen LogP contribution in [0.2, 0.25) is 0 Å². The molecule has 0 radical (unpaired) electrons. The van der Waals surface area contributed by atoms with Crippen LogP contribution >= 0.6 is 11.8 Å². The molecule has 30 heavy (non-hydrogen) atoms. The van der Waals surface area contributed by atoms with Gasteiger partial charge in [0.15, 0.2) is 5.82 Å². The van der Waals surface area contributed by atoms with Gasteiger partial charge in [-0.1, -0.05) is 48.2 Å². The molecular formula is C23H18FN3O2S. The maximum Gasteiger partial charge on any atom is 0.234 e. The summed E-state index contributed by atoms with van der Waals surface area (Å²) < 4.78 is 18.8. The van der Waals surface area contributed by atoms with Gasteiger partial charge in [0, 0.05) is 11.1 Å². The molecule has 0 saturated heterocycles. The fraction of sp³-hybridized carbons (Fsp3) is 0.0870. The largest absolute Gasteiger partial charge is 0.486 e. The van der Waals surface area contributed by atoms with Crippen LogP contribution in [-0.4, -0.2) is 21.6 Å². The number of benzene rings is 3. The molecule has 0 atom stereocenters. The molecule has 1 heterocycles. The number of thioether (sulfide) groups is 1. The van der Waals surface area contributed by atoms with Crippen molar-refractivity contribution in [3.63, 3.8) is 0 Å². The van der Waals surface area contributed by atoms with Crippen LogP contribution in [0.15, 0.2) is 83.9 Å². The second-order valence-electron chi connectivity index (χ2n) is 6.41. The Balaban J connectivity index is 1.47. The molecule has 1 amide bonds. The van der Waals surface area contributed by atoms with Crippen molar-refractivity contribution in [1.29, 1.82) is 0 Å². The number of anilines is 1. The minimum atomic E-state index is -0.347. The highest BCUT2D eigenvalue weighted by atomic mass is 32.2. The summed E-state index contributed by atoms with van der Waals surface area (Å²) in [4.78, 5) is 21.5. The van der Waals surface area contributed by atoms with Crippen molar-refractivity contribution in [2.75, 3.05) is 11.1 Å². The molecule has 0 aliphatic rings. The van der Waals surface area contributed by atoms with Crippen LogP contribution in [-0.2, 0) is 11.4 Å². The Hall–Kier alpha value is -3.45. The Morgan fingerprint density at radius 1 is 0.933 bits per heavy atom. The summed E-state index contributed by atoms with van der Waals surface area (Å²) in [5.74, 6) is 0.898. The Morgan fingerprint density at radius 3 is 2.47 bits per heavy atom. The molecule has 1 N–H and O–H groups in total. The number of carbonyl (C=O) groups excluding carboxylic acids is 1. The first kappa shape index (κ1) is 19.8. The Morgan fingerprint density at radius 2 is 1.67 bits per heavy atom. The van der Waals surface area contributed by atoms with Crippen molar-refractivity contribution < 1.29 is 13.9 Å². The lowest BCUT2D eigenvalue weighted by molar-refractivity contribution is -0.113. The molecule has 0 bridgehead atoms. The van der Waals surface area contributed by atoms with E-state index in [0.29, 0.717) is 16.5 Å². The molecule has 0 aliphatic heterocycles. The molecule has 0 saturated carbocycles. The van der Waals surface area contributed by atoms with Gasteiger partial charge in [-0.25, -0.2) is 14.4 Å². The first-order valence-electron chi connectivity index (χ1n) is 9.29. The summed E-state index contributed by atoms with van der Waals surface area (Å²) in [6, 6.07) is 22.8. The lowest BCUT2D eigenvalue weighted by atomic mass is 10.2. The van der Waals surface area contributed by atoms with E-state index in [1.165, 1.54) is 36.0 Å². The predicted molar refractivity (Wildman–Crippen MR) is 116 cm³/mol. The van der Waals surface area contributed by atoms with E-state index in [1.54, 1.807) is 0 Å². The predicted octanol–water partition coefficient (Wildman–Crippen LogP) is 5.08. The topological polar surface area (TPSA) is 64.1 Å². The van der Waals surface area contributed by atoms with Crippen LogP contribution in [0.5, 0.6) is 5.75 Å². The van der Waals surface area contributed by atoms with Gasteiger partial charge in [-0.2, -0.15) is 0 Å². The quantitative estimate of drug-likeness (QED) is 0.334. The first-order valence-corrected chi connectivity index (χ1v) is 10.3. The number of carbonyl (C=O) groups is 1. The van der Waals surface area contributed by atoms with Gasteiger partial charge in [0.05, 0.1) is 11.3 Å². The molecule has 0 fully saturated rings. The van der Waals surface area contributed by atoms with Crippen LogP contribution in [0.1, 0.15) is 5.82 Å². The number of hydrogen-bond acceptors (Lipinski definition) is 5. The number of halogens is 1. The zero-order valence-electron chi connectivity index (χ0n) is 15.9. The minimum Gasteiger partial charge on any atom is -0.486 e. The Labute approximate surface area is 177 Å². The van der Waals surface area contributed by atoms with E-state index in [0.717, 1.165) is 16.7 Å². The number of amides is 1. The van der Waals surface area contributed by atoms with Gasteiger partial charge in [0.1, 0.15) is 23.2 Å². The maximum absolute atomic E-state index is 13.0. The fourth-order valence-electron chi connectivity index (χ4n) is 2.80. The monoisotopic (exact) mass is 419 g/mol. The molecule has 4 rings (SSSR count). The van der Waals surface area contributed by atoms with Gasteiger partial charge in [-0.15, -0.1) is 0 Å². The second-order valence-corrected chi connectivity index (χ2v) is 7.37. The second kappa shape index (κ2) is 9.37. The van der Waals surface area contributed by atoms with E-state index in [-0.39, 0.29) is 24.1 Å². The van der Waals surface area contributed by atoms with Crippen LogP contribution in [0.25, 0.3) is 10.9 Å². The standard InChI is InChI=1S/C23H18FN3O2S/c24-16-10-12-17(13-11-16)25-22(28)15-30-23-19-8-4-5-9-20(19)26-21(27-23)14-29-18-6-2-1-3-7-18/h1-13H,14-15H2,(H,25,28). The molecule has 0 aliphatic carbocycles. The Bertz CT molecular complexity index is 1150. The summed E-state index contributed by atoms with van der Waals surface area (Å²) >= 11 is 1.32. The lowest BCUT2D eigenvalue weighted by Crippen LogP contribution is -2.14. The van der Waals surface area contributed by atoms with Crippen LogP contribution < -0.4 is 10.1 Å². The number of fused-ring (bicyclic) bond motifs is 1. The molecule has 3 aromatic carbocycles. The summed E-state index contributed by atoms with van der Waals surface area (Å²) in [5.41, 5.74) is 1.34. The van der Waals surface area contributed by atoms with E-state index in [1.807, 2.05) is 54.6 Å². The smallest absolute Gasteiger partial charge is 0.234 e. The number of hydrogen-bond donors (Lipinski definition) is 1. The van der Waals surface area contributed by atoms with Crippen LogP contribution in [0, 0.1) is 5.82 Å². The van der Waals surface area contributed by atoms with Gasteiger partial charge in [0.2, 0.25) is 5.91 Å². The number of nitrogens with one attached hydrogen (secondary N) is 1. The highest BCUT2D eigenvalue weighted by Gasteiger charge is 2.11.